The Labute approximate surface area is 105 Å². The summed E-state index contributed by atoms with van der Waals surface area (Å²) in [5.41, 5.74) is 0.505. The molecule has 2 aromatic rings. The zero-order valence-electron chi connectivity index (χ0n) is 10.3. The van der Waals surface area contributed by atoms with E-state index < -0.39 is 6.29 Å². The fourth-order valence-corrected chi connectivity index (χ4v) is 2.11. The number of cyclic esters (lactones) is 1. The van der Waals surface area contributed by atoms with Crippen LogP contribution >= 0.6 is 0 Å². The summed E-state index contributed by atoms with van der Waals surface area (Å²) >= 11 is 0. The fourth-order valence-electron chi connectivity index (χ4n) is 2.11. The number of fused-ring (bicyclic) bond motifs is 3. The smallest absolute Gasteiger partial charge is 0.345 e. The Morgan fingerprint density at radius 1 is 1.06 bits per heavy atom. The second kappa shape index (κ2) is 4.02. The standard InChI is InChI=1S/C15H14O3/c1-9(2)15-17-13-11-6-4-3-5-10(11)7-8-12(13)14(16)18-15/h3-9,15H,1-2H3/t15-/m0/s1. The Balaban J connectivity index is 2.20. The molecule has 0 bridgehead atoms. The van der Waals surface area contributed by atoms with Crippen molar-refractivity contribution in [3.05, 3.63) is 42.0 Å². The maximum absolute atomic E-state index is 11.9. The largest absolute Gasteiger partial charge is 0.453 e. The van der Waals surface area contributed by atoms with Gasteiger partial charge in [0.05, 0.1) is 0 Å². The summed E-state index contributed by atoms with van der Waals surface area (Å²) in [5, 5.41) is 2.02. The molecule has 0 amide bonds. The van der Waals surface area contributed by atoms with Crippen molar-refractivity contribution >= 4 is 16.7 Å². The van der Waals surface area contributed by atoms with Crippen LogP contribution in [0.15, 0.2) is 36.4 Å². The molecule has 0 aromatic heterocycles. The number of ether oxygens (including phenoxy) is 2. The summed E-state index contributed by atoms with van der Waals surface area (Å²) < 4.78 is 11.1. The quantitative estimate of drug-likeness (QED) is 0.719. The molecule has 0 fully saturated rings. The van der Waals surface area contributed by atoms with Gasteiger partial charge >= 0.3 is 5.97 Å². The molecule has 0 unspecified atom stereocenters. The molecule has 18 heavy (non-hydrogen) atoms. The first-order valence-corrected chi connectivity index (χ1v) is 6.06. The lowest BCUT2D eigenvalue weighted by Crippen LogP contribution is -2.34. The maximum Gasteiger partial charge on any atom is 0.345 e. The summed E-state index contributed by atoms with van der Waals surface area (Å²) in [7, 11) is 0. The minimum Gasteiger partial charge on any atom is -0.453 e. The molecule has 3 nitrogen and oxygen atoms in total. The monoisotopic (exact) mass is 242 g/mol. The molecule has 0 N–H and O–H groups in total. The highest BCUT2D eigenvalue weighted by Crippen LogP contribution is 2.35. The number of esters is 1. The number of benzene rings is 2. The Hall–Kier alpha value is -2.03. The van der Waals surface area contributed by atoms with Crippen LogP contribution in [0.25, 0.3) is 10.8 Å². The lowest BCUT2D eigenvalue weighted by molar-refractivity contribution is -0.0830. The lowest BCUT2D eigenvalue weighted by Gasteiger charge is -2.28. The van der Waals surface area contributed by atoms with Crippen LogP contribution in [-0.2, 0) is 4.74 Å². The molecule has 92 valence electrons. The van der Waals surface area contributed by atoms with Gasteiger partial charge in [-0.2, -0.15) is 0 Å². The molecule has 3 heteroatoms. The normalized spacial score (nSPS) is 18.4. The summed E-state index contributed by atoms with van der Waals surface area (Å²) in [6.45, 7) is 3.93. The van der Waals surface area contributed by atoms with Gasteiger partial charge in [0, 0.05) is 11.3 Å². The van der Waals surface area contributed by atoms with Gasteiger partial charge in [-0.25, -0.2) is 4.79 Å². The van der Waals surface area contributed by atoms with Crippen molar-refractivity contribution in [2.75, 3.05) is 0 Å². The second-order valence-electron chi connectivity index (χ2n) is 4.80. The third kappa shape index (κ3) is 1.63. The molecule has 0 saturated carbocycles. The van der Waals surface area contributed by atoms with Crippen LogP contribution in [0.2, 0.25) is 0 Å². The predicted octanol–water partition coefficient (Wildman–Crippen LogP) is 3.37. The van der Waals surface area contributed by atoms with Gasteiger partial charge < -0.3 is 9.47 Å². The summed E-state index contributed by atoms with van der Waals surface area (Å²) in [4.78, 5) is 11.9. The van der Waals surface area contributed by atoms with Gasteiger partial charge in [-0.05, 0) is 11.5 Å². The van der Waals surface area contributed by atoms with E-state index in [4.69, 9.17) is 9.47 Å². The molecule has 3 rings (SSSR count). The van der Waals surface area contributed by atoms with Crippen molar-refractivity contribution in [3.63, 3.8) is 0 Å². The van der Waals surface area contributed by atoms with Crippen LogP contribution in [0, 0.1) is 5.92 Å². The zero-order chi connectivity index (χ0) is 12.7. The minimum atomic E-state index is -0.504. The zero-order valence-corrected chi connectivity index (χ0v) is 10.3. The van der Waals surface area contributed by atoms with E-state index in [1.807, 2.05) is 44.2 Å². The Kier molecular flexibility index (Phi) is 2.47. The van der Waals surface area contributed by atoms with Crippen LogP contribution < -0.4 is 4.74 Å². The first-order chi connectivity index (χ1) is 8.66. The van der Waals surface area contributed by atoms with Crippen LogP contribution in [0.5, 0.6) is 5.75 Å². The van der Waals surface area contributed by atoms with E-state index in [-0.39, 0.29) is 11.9 Å². The van der Waals surface area contributed by atoms with E-state index in [1.54, 1.807) is 6.07 Å². The van der Waals surface area contributed by atoms with Crippen molar-refractivity contribution < 1.29 is 14.3 Å². The lowest BCUT2D eigenvalue weighted by atomic mass is 10.0. The van der Waals surface area contributed by atoms with Crippen LogP contribution in [0.4, 0.5) is 0 Å². The summed E-state index contributed by atoms with van der Waals surface area (Å²) in [6, 6.07) is 11.5. The van der Waals surface area contributed by atoms with Crippen molar-refractivity contribution in [2.24, 2.45) is 5.92 Å². The van der Waals surface area contributed by atoms with E-state index in [2.05, 4.69) is 0 Å². The molecule has 0 radical (unpaired) electrons. The predicted molar refractivity (Wildman–Crippen MR) is 68.6 cm³/mol. The molecule has 2 aromatic carbocycles. The molecule has 1 atom stereocenters. The van der Waals surface area contributed by atoms with Gasteiger partial charge in [-0.15, -0.1) is 0 Å². The Morgan fingerprint density at radius 2 is 1.83 bits per heavy atom. The molecule has 1 aliphatic rings. The second-order valence-corrected chi connectivity index (χ2v) is 4.80. The first-order valence-electron chi connectivity index (χ1n) is 6.06. The van der Waals surface area contributed by atoms with Crippen LogP contribution in [0.3, 0.4) is 0 Å². The number of hydrogen-bond donors (Lipinski definition) is 0. The fraction of sp³-hybridized carbons (Fsp3) is 0.267. The van der Waals surface area contributed by atoms with Crippen molar-refractivity contribution in [1.29, 1.82) is 0 Å². The molecular weight excluding hydrogens is 228 g/mol. The van der Waals surface area contributed by atoms with E-state index in [0.29, 0.717) is 11.3 Å². The molecular formula is C15H14O3. The number of carbonyl (C=O) groups excluding carboxylic acids is 1. The van der Waals surface area contributed by atoms with Gasteiger partial charge in [0.25, 0.3) is 0 Å². The molecule has 0 aliphatic carbocycles. The van der Waals surface area contributed by atoms with Gasteiger partial charge in [-0.1, -0.05) is 44.2 Å². The first kappa shape index (κ1) is 11.1. The van der Waals surface area contributed by atoms with E-state index in [9.17, 15) is 4.79 Å². The summed E-state index contributed by atoms with van der Waals surface area (Å²) in [6.07, 6.45) is -0.504. The maximum atomic E-state index is 11.9. The third-order valence-corrected chi connectivity index (χ3v) is 3.10. The van der Waals surface area contributed by atoms with E-state index in [0.717, 1.165) is 10.8 Å². The number of rotatable bonds is 1. The average Bonchev–Trinajstić information content (AvgIpc) is 2.38. The van der Waals surface area contributed by atoms with E-state index in [1.165, 1.54) is 0 Å². The van der Waals surface area contributed by atoms with Gasteiger partial charge in [-0.3, -0.25) is 0 Å². The van der Waals surface area contributed by atoms with Gasteiger partial charge in [0.2, 0.25) is 6.29 Å². The van der Waals surface area contributed by atoms with Crippen molar-refractivity contribution in [1.82, 2.24) is 0 Å². The highest BCUT2D eigenvalue weighted by atomic mass is 16.7. The number of carbonyl (C=O) groups is 1. The third-order valence-electron chi connectivity index (χ3n) is 3.10. The number of hydrogen-bond acceptors (Lipinski definition) is 3. The van der Waals surface area contributed by atoms with E-state index >= 15 is 0 Å². The van der Waals surface area contributed by atoms with Gasteiger partial charge in [0.1, 0.15) is 11.3 Å². The SMILES string of the molecule is CC(C)[C@@H]1OC(=O)c2ccc3ccccc3c2O1. The average molecular weight is 242 g/mol. The molecule has 0 saturated heterocycles. The molecule has 1 aliphatic heterocycles. The van der Waals surface area contributed by atoms with Gasteiger partial charge in [0.15, 0.2) is 0 Å². The Morgan fingerprint density at radius 3 is 2.61 bits per heavy atom. The molecule has 0 spiro atoms. The van der Waals surface area contributed by atoms with Crippen LogP contribution in [-0.4, -0.2) is 12.3 Å². The van der Waals surface area contributed by atoms with Crippen molar-refractivity contribution in [3.8, 4) is 5.75 Å². The highest BCUT2D eigenvalue weighted by molar-refractivity contribution is 6.02. The topological polar surface area (TPSA) is 35.5 Å². The van der Waals surface area contributed by atoms with Crippen molar-refractivity contribution in [2.45, 2.75) is 20.1 Å². The highest BCUT2D eigenvalue weighted by Gasteiger charge is 2.30. The Bertz CT molecular complexity index is 616. The minimum absolute atomic E-state index is 0.126. The molecule has 1 heterocycles. The van der Waals surface area contributed by atoms with Crippen LogP contribution in [0.1, 0.15) is 24.2 Å². The summed E-state index contributed by atoms with van der Waals surface area (Å²) in [5.74, 6) is 0.463.